The molecule has 0 aromatic heterocycles. The van der Waals surface area contributed by atoms with Crippen LogP contribution in [-0.4, -0.2) is 47.0 Å². The van der Waals surface area contributed by atoms with E-state index in [0.717, 1.165) is 29.7 Å². The van der Waals surface area contributed by atoms with Gasteiger partial charge in [-0.25, -0.2) is 0 Å². The Bertz CT molecular complexity index is 976. The van der Waals surface area contributed by atoms with Crippen molar-refractivity contribution in [2.45, 2.75) is 51.7 Å². The van der Waals surface area contributed by atoms with Gasteiger partial charge in [-0.3, -0.25) is 15.1 Å². The van der Waals surface area contributed by atoms with Gasteiger partial charge in [0.1, 0.15) is 5.66 Å². The second kappa shape index (κ2) is 8.71. The number of piperidine rings is 1. The molecule has 4 rings (SSSR count). The van der Waals surface area contributed by atoms with Gasteiger partial charge < -0.3 is 14.7 Å². The summed E-state index contributed by atoms with van der Waals surface area (Å²) >= 11 is 0. The topological polar surface area (TPSA) is 74.2 Å². The first-order valence-electron chi connectivity index (χ1n) is 11.0. The minimum atomic E-state index is -0.455. The Morgan fingerprint density at radius 2 is 1.94 bits per heavy atom. The number of para-hydroxylation sites is 1. The minimum Gasteiger partial charge on any atom is -0.504 e. The van der Waals surface area contributed by atoms with Crippen molar-refractivity contribution in [3.05, 3.63) is 59.2 Å². The standard InChI is InChI=1S/C25H31N3O3/c1-4-31-23-7-5-6-20(24(23)30)22-16-21(19-10-8-17(2)9-11-19)26-25(27-22)12-14-28(15-13-25)18(3)29/h5-11,22,27,30H,4,12-16H2,1-3H3/t22-/m0/s1. The van der Waals surface area contributed by atoms with Gasteiger partial charge in [0, 0.05) is 56.6 Å². The lowest BCUT2D eigenvalue weighted by Crippen LogP contribution is -2.56. The van der Waals surface area contributed by atoms with Crippen LogP contribution < -0.4 is 10.1 Å². The Kier molecular flexibility index (Phi) is 6.01. The van der Waals surface area contributed by atoms with Gasteiger partial charge in [0.05, 0.1) is 6.61 Å². The number of phenols is 1. The van der Waals surface area contributed by atoms with Crippen molar-refractivity contribution in [3.8, 4) is 11.5 Å². The first-order valence-corrected chi connectivity index (χ1v) is 11.0. The number of amides is 1. The van der Waals surface area contributed by atoms with Crippen LogP contribution >= 0.6 is 0 Å². The number of carbonyl (C=O) groups is 1. The highest BCUT2D eigenvalue weighted by Crippen LogP contribution is 2.40. The molecular formula is C25H31N3O3. The van der Waals surface area contributed by atoms with Crippen LogP contribution in [0.1, 0.15) is 55.8 Å². The summed E-state index contributed by atoms with van der Waals surface area (Å²) in [5.41, 5.74) is 3.70. The Balaban J connectivity index is 1.71. The lowest BCUT2D eigenvalue weighted by molar-refractivity contribution is -0.130. The smallest absolute Gasteiger partial charge is 0.219 e. The molecule has 6 heteroatoms. The zero-order valence-corrected chi connectivity index (χ0v) is 18.5. The van der Waals surface area contributed by atoms with E-state index >= 15 is 0 Å². The number of carbonyl (C=O) groups excluding carboxylic acids is 1. The van der Waals surface area contributed by atoms with Crippen LogP contribution in [0.4, 0.5) is 0 Å². The molecule has 0 unspecified atom stereocenters. The largest absolute Gasteiger partial charge is 0.504 e. The van der Waals surface area contributed by atoms with E-state index in [4.69, 9.17) is 9.73 Å². The number of nitrogens with zero attached hydrogens (tertiary/aromatic N) is 2. The SMILES string of the molecule is CCOc1cccc([C@@H]2CC(c3ccc(C)cc3)=NC3(CCN(C(C)=O)CC3)N2)c1O. The Hall–Kier alpha value is -2.86. The maximum atomic E-state index is 11.8. The molecule has 0 bridgehead atoms. The van der Waals surface area contributed by atoms with Crippen LogP contribution in [0.5, 0.6) is 11.5 Å². The number of hydrogen-bond acceptors (Lipinski definition) is 5. The third-order valence-corrected chi connectivity index (χ3v) is 6.32. The molecule has 2 aromatic rings. The quantitative estimate of drug-likeness (QED) is 0.784. The number of ether oxygens (including phenoxy) is 1. The van der Waals surface area contributed by atoms with Gasteiger partial charge >= 0.3 is 0 Å². The molecule has 1 fully saturated rings. The molecule has 31 heavy (non-hydrogen) atoms. The molecule has 2 aromatic carbocycles. The van der Waals surface area contributed by atoms with Crippen molar-refractivity contribution >= 4 is 11.6 Å². The first-order chi connectivity index (χ1) is 14.9. The van der Waals surface area contributed by atoms with Gasteiger partial charge in [-0.2, -0.15) is 0 Å². The maximum Gasteiger partial charge on any atom is 0.219 e. The molecule has 1 spiro atoms. The van der Waals surface area contributed by atoms with Gasteiger partial charge in [0.25, 0.3) is 0 Å². The number of aliphatic imine (C=N–C) groups is 1. The van der Waals surface area contributed by atoms with Gasteiger partial charge in [-0.05, 0) is 25.5 Å². The van der Waals surface area contributed by atoms with Crippen LogP contribution in [0.2, 0.25) is 0 Å². The number of aryl methyl sites for hydroxylation is 1. The van der Waals surface area contributed by atoms with Crippen LogP contribution in [0, 0.1) is 6.92 Å². The highest BCUT2D eigenvalue weighted by atomic mass is 16.5. The first kappa shape index (κ1) is 21.4. The van der Waals surface area contributed by atoms with Gasteiger partial charge in [0.2, 0.25) is 5.91 Å². The van der Waals surface area contributed by atoms with E-state index in [-0.39, 0.29) is 17.7 Å². The number of benzene rings is 2. The Labute approximate surface area is 183 Å². The van der Waals surface area contributed by atoms with Crippen LogP contribution in [0.25, 0.3) is 0 Å². The number of rotatable bonds is 4. The van der Waals surface area contributed by atoms with E-state index in [0.29, 0.717) is 31.9 Å². The van der Waals surface area contributed by atoms with Crippen molar-refractivity contribution in [1.29, 1.82) is 0 Å². The zero-order chi connectivity index (χ0) is 22.0. The number of aromatic hydroxyl groups is 1. The molecule has 1 atom stereocenters. The molecule has 1 saturated heterocycles. The summed E-state index contributed by atoms with van der Waals surface area (Å²) in [6.07, 6.45) is 2.15. The fourth-order valence-corrected chi connectivity index (χ4v) is 4.56. The molecule has 0 saturated carbocycles. The second-order valence-corrected chi connectivity index (χ2v) is 8.49. The second-order valence-electron chi connectivity index (χ2n) is 8.49. The maximum absolute atomic E-state index is 11.8. The van der Waals surface area contributed by atoms with Crippen molar-refractivity contribution in [2.75, 3.05) is 19.7 Å². The summed E-state index contributed by atoms with van der Waals surface area (Å²) in [6.45, 7) is 7.44. The van der Waals surface area contributed by atoms with Gasteiger partial charge in [-0.1, -0.05) is 42.0 Å². The molecule has 2 aliphatic heterocycles. The highest BCUT2D eigenvalue weighted by molar-refractivity contribution is 6.01. The number of nitrogens with one attached hydrogen (secondary N) is 1. The van der Waals surface area contributed by atoms with Crippen LogP contribution in [0.15, 0.2) is 47.5 Å². The molecule has 6 nitrogen and oxygen atoms in total. The third-order valence-electron chi connectivity index (χ3n) is 6.32. The van der Waals surface area contributed by atoms with Crippen LogP contribution in [0.3, 0.4) is 0 Å². The summed E-state index contributed by atoms with van der Waals surface area (Å²) in [5.74, 6) is 0.789. The normalized spacial score (nSPS) is 20.4. The predicted octanol–water partition coefficient (Wildman–Crippen LogP) is 3.96. The molecular weight excluding hydrogens is 390 g/mol. The third kappa shape index (κ3) is 4.44. The average molecular weight is 422 g/mol. The van der Waals surface area contributed by atoms with Crippen LogP contribution in [-0.2, 0) is 4.79 Å². The Morgan fingerprint density at radius 1 is 1.23 bits per heavy atom. The molecule has 2 N–H and O–H groups in total. The monoisotopic (exact) mass is 421 g/mol. The van der Waals surface area contributed by atoms with Gasteiger partial charge in [0.15, 0.2) is 11.5 Å². The van der Waals surface area contributed by atoms with E-state index in [2.05, 4.69) is 36.5 Å². The average Bonchev–Trinajstić information content (AvgIpc) is 2.76. The molecule has 2 aliphatic rings. The minimum absolute atomic E-state index is 0.0990. The molecule has 1 amide bonds. The predicted molar refractivity (Wildman–Crippen MR) is 122 cm³/mol. The van der Waals surface area contributed by atoms with Crippen molar-refractivity contribution in [3.63, 3.8) is 0 Å². The van der Waals surface area contributed by atoms with Crippen molar-refractivity contribution in [1.82, 2.24) is 10.2 Å². The van der Waals surface area contributed by atoms with E-state index in [9.17, 15) is 9.90 Å². The molecule has 0 aliphatic carbocycles. The lowest BCUT2D eigenvalue weighted by atomic mass is 9.87. The highest BCUT2D eigenvalue weighted by Gasteiger charge is 2.41. The molecule has 0 radical (unpaired) electrons. The fourth-order valence-electron chi connectivity index (χ4n) is 4.56. The molecule has 164 valence electrons. The lowest BCUT2D eigenvalue weighted by Gasteiger charge is -2.45. The number of phenolic OH excluding ortho intramolecular Hbond substituents is 1. The number of likely N-dealkylation sites (tertiary alicyclic amines) is 1. The summed E-state index contributed by atoms with van der Waals surface area (Å²) in [6, 6.07) is 14.0. The summed E-state index contributed by atoms with van der Waals surface area (Å²) in [5, 5.41) is 14.6. The van der Waals surface area contributed by atoms with Crippen molar-refractivity contribution < 1.29 is 14.6 Å². The van der Waals surface area contributed by atoms with E-state index < -0.39 is 5.66 Å². The van der Waals surface area contributed by atoms with E-state index in [1.807, 2.05) is 24.0 Å². The zero-order valence-electron chi connectivity index (χ0n) is 18.5. The summed E-state index contributed by atoms with van der Waals surface area (Å²) < 4.78 is 5.62. The van der Waals surface area contributed by atoms with E-state index in [1.165, 1.54) is 5.56 Å². The van der Waals surface area contributed by atoms with Crippen molar-refractivity contribution in [2.24, 2.45) is 4.99 Å². The summed E-state index contributed by atoms with van der Waals surface area (Å²) in [7, 11) is 0. The summed E-state index contributed by atoms with van der Waals surface area (Å²) in [4.78, 5) is 18.9. The number of hydrogen-bond donors (Lipinski definition) is 2. The van der Waals surface area contributed by atoms with Gasteiger partial charge in [-0.15, -0.1) is 0 Å². The fraction of sp³-hybridized carbons (Fsp3) is 0.440. The Morgan fingerprint density at radius 3 is 2.58 bits per heavy atom. The van der Waals surface area contributed by atoms with E-state index in [1.54, 1.807) is 13.0 Å². The molecule has 2 heterocycles.